The van der Waals surface area contributed by atoms with Crippen molar-refractivity contribution in [2.45, 2.75) is 52.0 Å². The quantitative estimate of drug-likeness (QED) is 0.417. The van der Waals surface area contributed by atoms with Crippen molar-refractivity contribution >= 4 is 23.2 Å². The van der Waals surface area contributed by atoms with Gasteiger partial charge in [0.15, 0.2) is 11.5 Å². The maximum Gasteiger partial charge on any atom is 0.161 e. The van der Waals surface area contributed by atoms with Crippen molar-refractivity contribution in [3.05, 3.63) is 36.4 Å². The molecule has 7 heteroatoms. The van der Waals surface area contributed by atoms with Crippen LogP contribution in [0, 0.1) is 0 Å². The van der Waals surface area contributed by atoms with E-state index in [1.807, 2.05) is 64.1 Å². The van der Waals surface area contributed by atoms with Gasteiger partial charge in [-0.25, -0.2) is 0 Å². The molecule has 0 spiro atoms. The Hall–Kier alpha value is -1.57. The number of hydrogen-bond donors (Lipinski definition) is 4. The third-order valence-corrected chi connectivity index (χ3v) is 4.20. The average molecular weight is 427 g/mol. The summed E-state index contributed by atoms with van der Waals surface area (Å²) in [7, 11) is 0. The molecule has 164 valence electrons. The highest BCUT2D eigenvalue weighted by Crippen LogP contribution is 2.32. The fourth-order valence-corrected chi connectivity index (χ4v) is 2.66. The highest BCUT2D eigenvalue weighted by atomic mass is 35.5. The van der Waals surface area contributed by atoms with Crippen molar-refractivity contribution in [1.29, 1.82) is 0 Å². The number of aliphatic hydroxyl groups excluding tert-OH is 2. The van der Waals surface area contributed by atoms with Crippen LogP contribution in [-0.2, 0) is 0 Å². The molecule has 6 nitrogen and oxygen atoms in total. The van der Waals surface area contributed by atoms with Gasteiger partial charge in [-0.3, -0.25) is 0 Å². The molecule has 0 radical (unpaired) electrons. The predicted octanol–water partition coefficient (Wildman–Crippen LogP) is 2.74. The van der Waals surface area contributed by atoms with Gasteiger partial charge in [0.2, 0.25) is 0 Å². The lowest BCUT2D eigenvalue weighted by atomic mass is 10.1. The maximum atomic E-state index is 10.1. The summed E-state index contributed by atoms with van der Waals surface area (Å²) in [6, 6.07) is 12.4. The van der Waals surface area contributed by atoms with Gasteiger partial charge in [-0.05, 0) is 22.9 Å². The van der Waals surface area contributed by atoms with Crippen LogP contribution in [-0.4, -0.2) is 60.8 Å². The summed E-state index contributed by atoms with van der Waals surface area (Å²) in [5, 5.41) is 28.7. The predicted molar refractivity (Wildman–Crippen MR) is 120 cm³/mol. The number of ether oxygens (including phenoxy) is 2. The second kappa shape index (κ2) is 12.9. The smallest absolute Gasteiger partial charge is 0.161 e. The summed E-state index contributed by atoms with van der Waals surface area (Å²) in [4.78, 5) is 0. The second-order valence-electron chi connectivity index (χ2n) is 7.70. The Balaban J connectivity index is 0.00000420. The topological polar surface area (TPSA) is 83.0 Å². The van der Waals surface area contributed by atoms with Crippen molar-refractivity contribution in [3.63, 3.8) is 0 Å². The lowest BCUT2D eigenvalue weighted by Crippen LogP contribution is -2.35. The Bertz CT molecular complexity index is 667. The minimum atomic E-state index is -0.623. The first-order chi connectivity index (χ1) is 13.3. The molecule has 0 heterocycles. The van der Waals surface area contributed by atoms with Gasteiger partial charge in [0.25, 0.3) is 0 Å². The van der Waals surface area contributed by atoms with Gasteiger partial charge in [0.05, 0.1) is 0 Å². The first kappa shape index (κ1) is 25.5. The number of rotatable bonds is 12. The molecular formula is C22H35ClN2O4. The van der Waals surface area contributed by atoms with Gasteiger partial charge in [0.1, 0.15) is 25.4 Å². The molecule has 0 amide bonds. The number of hydrogen-bond acceptors (Lipinski definition) is 6. The van der Waals surface area contributed by atoms with Crippen molar-refractivity contribution in [2.75, 3.05) is 26.3 Å². The Kier molecular flexibility index (Phi) is 11.3. The Morgan fingerprint density at radius 3 is 1.48 bits per heavy atom. The molecule has 2 rings (SSSR count). The molecule has 0 aromatic heterocycles. The first-order valence-corrected chi connectivity index (χ1v) is 9.96. The molecule has 0 saturated heterocycles. The van der Waals surface area contributed by atoms with Crippen LogP contribution >= 0.6 is 12.4 Å². The van der Waals surface area contributed by atoms with Crippen LogP contribution in [0.2, 0.25) is 0 Å². The van der Waals surface area contributed by atoms with Crippen LogP contribution in [0.15, 0.2) is 36.4 Å². The van der Waals surface area contributed by atoms with Gasteiger partial charge in [0, 0.05) is 25.2 Å². The number of aliphatic hydroxyl groups is 2. The van der Waals surface area contributed by atoms with Crippen LogP contribution in [0.4, 0.5) is 0 Å². The molecule has 4 N–H and O–H groups in total. The molecule has 0 bridgehead atoms. The average Bonchev–Trinajstić information content (AvgIpc) is 2.67. The largest absolute Gasteiger partial charge is 0.487 e. The van der Waals surface area contributed by atoms with Crippen molar-refractivity contribution in [3.8, 4) is 11.5 Å². The van der Waals surface area contributed by atoms with E-state index in [4.69, 9.17) is 9.47 Å². The van der Waals surface area contributed by atoms with E-state index in [0.29, 0.717) is 36.7 Å². The highest BCUT2D eigenvalue weighted by molar-refractivity contribution is 5.86. The van der Waals surface area contributed by atoms with Crippen molar-refractivity contribution in [2.24, 2.45) is 0 Å². The number of nitrogens with one attached hydrogen (secondary N) is 2. The number of fused-ring (bicyclic) bond motifs is 1. The fourth-order valence-electron chi connectivity index (χ4n) is 2.66. The molecule has 2 atom stereocenters. The van der Waals surface area contributed by atoms with Crippen molar-refractivity contribution < 1.29 is 19.7 Å². The Morgan fingerprint density at radius 1 is 0.759 bits per heavy atom. The zero-order valence-corrected chi connectivity index (χ0v) is 18.5. The maximum absolute atomic E-state index is 10.1. The zero-order chi connectivity index (χ0) is 20.5. The monoisotopic (exact) mass is 426 g/mol. The number of benzene rings is 2. The third-order valence-electron chi connectivity index (χ3n) is 4.20. The van der Waals surface area contributed by atoms with Crippen LogP contribution in [0.3, 0.4) is 0 Å². The molecule has 29 heavy (non-hydrogen) atoms. The Morgan fingerprint density at radius 2 is 1.14 bits per heavy atom. The van der Waals surface area contributed by atoms with Crippen LogP contribution in [0.5, 0.6) is 11.5 Å². The molecule has 2 aromatic rings. The summed E-state index contributed by atoms with van der Waals surface area (Å²) in [6.45, 7) is 9.36. The lowest BCUT2D eigenvalue weighted by molar-refractivity contribution is 0.0911. The van der Waals surface area contributed by atoms with Crippen LogP contribution in [0.1, 0.15) is 27.7 Å². The molecule has 2 unspecified atom stereocenters. The molecule has 2 aromatic carbocycles. The molecular weight excluding hydrogens is 392 g/mol. The molecule has 0 saturated carbocycles. The number of halogens is 1. The van der Waals surface area contributed by atoms with Crippen LogP contribution in [0.25, 0.3) is 10.8 Å². The Labute approximate surface area is 180 Å². The van der Waals surface area contributed by atoms with Gasteiger partial charge >= 0.3 is 0 Å². The first-order valence-electron chi connectivity index (χ1n) is 9.96. The van der Waals surface area contributed by atoms with Gasteiger partial charge in [-0.15, -0.1) is 12.4 Å². The van der Waals surface area contributed by atoms with E-state index in [2.05, 4.69) is 10.6 Å². The lowest BCUT2D eigenvalue weighted by Gasteiger charge is -2.19. The van der Waals surface area contributed by atoms with E-state index < -0.39 is 12.2 Å². The summed E-state index contributed by atoms with van der Waals surface area (Å²) in [6.07, 6.45) is -1.25. The second-order valence-corrected chi connectivity index (χ2v) is 7.70. The van der Waals surface area contributed by atoms with Crippen molar-refractivity contribution in [1.82, 2.24) is 10.6 Å². The van der Waals surface area contributed by atoms with E-state index in [1.54, 1.807) is 0 Å². The van der Waals surface area contributed by atoms with E-state index in [0.717, 1.165) is 10.8 Å². The summed E-state index contributed by atoms with van der Waals surface area (Å²) >= 11 is 0. The minimum Gasteiger partial charge on any atom is -0.487 e. The minimum absolute atomic E-state index is 0. The normalized spacial score (nSPS) is 13.4. The highest BCUT2D eigenvalue weighted by Gasteiger charge is 2.13. The van der Waals surface area contributed by atoms with E-state index in [-0.39, 0.29) is 25.6 Å². The third kappa shape index (κ3) is 9.19. The molecule has 0 aliphatic carbocycles. The van der Waals surface area contributed by atoms with Crippen LogP contribution < -0.4 is 20.1 Å². The molecule has 0 aliphatic rings. The van der Waals surface area contributed by atoms with E-state index in [9.17, 15) is 10.2 Å². The van der Waals surface area contributed by atoms with E-state index >= 15 is 0 Å². The standard InChI is InChI=1S/C22H34N2O4.ClH/c1-15(2)23-11-19(25)13-27-21-9-17-7-5-6-8-18(17)10-22(21)28-14-20(26)12-24-16(3)4;/h5-10,15-16,19-20,23-26H,11-14H2,1-4H3;1H. The fraction of sp³-hybridized carbons (Fsp3) is 0.545. The molecule has 0 fully saturated rings. The summed E-state index contributed by atoms with van der Waals surface area (Å²) < 4.78 is 11.7. The zero-order valence-electron chi connectivity index (χ0n) is 17.7. The van der Waals surface area contributed by atoms with E-state index in [1.165, 1.54) is 0 Å². The summed E-state index contributed by atoms with van der Waals surface area (Å²) in [5.41, 5.74) is 0. The van der Waals surface area contributed by atoms with Gasteiger partial charge in [-0.1, -0.05) is 52.0 Å². The van der Waals surface area contributed by atoms with Gasteiger partial charge in [-0.2, -0.15) is 0 Å². The molecule has 0 aliphatic heterocycles. The SMILES string of the molecule is CC(C)NCC(O)COc1cc2ccccc2cc1OCC(O)CNC(C)C.Cl. The summed E-state index contributed by atoms with van der Waals surface area (Å²) in [5.74, 6) is 1.12. The van der Waals surface area contributed by atoms with Gasteiger partial charge < -0.3 is 30.3 Å².